The second kappa shape index (κ2) is 6.62. The van der Waals surface area contributed by atoms with Crippen molar-refractivity contribution in [1.82, 2.24) is 25.0 Å². The molecule has 2 aromatic heterocycles. The number of H-pyrrole nitrogens is 1. The van der Waals surface area contributed by atoms with Gasteiger partial charge in [0.2, 0.25) is 0 Å². The average molecular weight is 299 g/mol. The maximum atomic E-state index is 11.9. The van der Waals surface area contributed by atoms with Gasteiger partial charge in [-0.3, -0.25) is 9.69 Å². The molecule has 0 unspecified atom stereocenters. The van der Waals surface area contributed by atoms with Crippen LogP contribution in [-0.4, -0.2) is 45.2 Å². The molecule has 0 bridgehead atoms. The van der Waals surface area contributed by atoms with Crippen LogP contribution < -0.4 is 5.32 Å². The van der Waals surface area contributed by atoms with Crippen molar-refractivity contribution in [3.8, 4) is 0 Å². The van der Waals surface area contributed by atoms with Gasteiger partial charge in [0.15, 0.2) is 0 Å². The Bertz CT molecular complexity index is 631. The maximum absolute atomic E-state index is 11.9. The second-order valence-corrected chi connectivity index (χ2v) is 5.69. The van der Waals surface area contributed by atoms with Gasteiger partial charge in [0.05, 0.1) is 6.20 Å². The third kappa shape index (κ3) is 3.46. The van der Waals surface area contributed by atoms with Crippen LogP contribution in [0, 0.1) is 5.92 Å². The van der Waals surface area contributed by atoms with Crippen molar-refractivity contribution in [3.63, 3.8) is 0 Å². The van der Waals surface area contributed by atoms with E-state index in [1.165, 1.54) is 5.56 Å². The van der Waals surface area contributed by atoms with Gasteiger partial charge < -0.3 is 10.3 Å². The summed E-state index contributed by atoms with van der Waals surface area (Å²) in [4.78, 5) is 17.2. The minimum atomic E-state index is -0.0318. The Hall–Kier alpha value is -2.34. The van der Waals surface area contributed by atoms with Crippen molar-refractivity contribution in [2.24, 2.45) is 5.92 Å². The molecule has 1 aliphatic rings. The van der Waals surface area contributed by atoms with Crippen molar-refractivity contribution in [3.05, 3.63) is 48.6 Å². The fourth-order valence-electron chi connectivity index (χ4n) is 2.84. The highest BCUT2D eigenvalue weighted by Crippen LogP contribution is 2.18. The molecule has 0 radical (unpaired) electrons. The van der Waals surface area contributed by atoms with Gasteiger partial charge in [-0.1, -0.05) is 6.58 Å². The third-order valence-corrected chi connectivity index (χ3v) is 4.01. The Morgan fingerprint density at radius 3 is 3.23 bits per heavy atom. The smallest absolute Gasteiger partial charge is 0.267 e. The number of nitrogens with zero attached hydrogens (tertiary/aromatic N) is 3. The number of carbonyl (C=O) groups excluding carboxylic acids is 1. The molecule has 1 saturated heterocycles. The first-order valence-electron chi connectivity index (χ1n) is 7.54. The average Bonchev–Trinajstić information content (AvgIpc) is 3.27. The molecule has 116 valence electrons. The van der Waals surface area contributed by atoms with Gasteiger partial charge in [-0.15, -0.1) is 0 Å². The lowest BCUT2D eigenvalue weighted by Gasteiger charge is -2.15. The zero-order valence-electron chi connectivity index (χ0n) is 12.5. The number of aromatic amines is 1. The molecule has 0 saturated carbocycles. The van der Waals surface area contributed by atoms with E-state index in [-0.39, 0.29) is 5.91 Å². The summed E-state index contributed by atoms with van der Waals surface area (Å²) in [5, 5.41) is 7.19. The van der Waals surface area contributed by atoms with Crippen LogP contribution in [0.15, 0.2) is 37.3 Å². The number of likely N-dealkylation sites (tertiary alicyclic amines) is 1. The third-order valence-electron chi connectivity index (χ3n) is 4.01. The molecule has 1 atom stereocenters. The minimum absolute atomic E-state index is 0.0318. The Morgan fingerprint density at radius 1 is 1.59 bits per heavy atom. The summed E-state index contributed by atoms with van der Waals surface area (Å²) in [6, 6.07) is 3.61. The molecule has 0 spiro atoms. The van der Waals surface area contributed by atoms with Crippen molar-refractivity contribution in [1.29, 1.82) is 0 Å². The molecule has 6 nitrogen and oxygen atoms in total. The maximum Gasteiger partial charge on any atom is 0.267 e. The molecule has 2 aromatic rings. The van der Waals surface area contributed by atoms with Crippen LogP contribution in [0.5, 0.6) is 0 Å². The van der Waals surface area contributed by atoms with Crippen molar-refractivity contribution >= 4 is 12.1 Å². The summed E-state index contributed by atoms with van der Waals surface area (Å²) in [5.41, 5.74) is 1.81. The SMILES string of the molecule is C=Cn1cc(CN2CC[C@H](CNC(=O)c3ccc[nH]3)C2)cn1. The molecule has 1 fully saturated rings. The van der Waals surface area contributed by atoms with Gasteiger partial charge >= 0.3 is 0 Å². The van der Waals surface area contributed by atoms with E-state index in [2.05, 4.69) is 26.9 Å². The van der Waals surface area contributed by atoms with Crippen LogP contribution in [0.2, 0.25) is 0 Å². The summed E-state index contributed by atoms with van der Waals surface area (Å²) in [7, 11) is 0. The van der Waals surface area contributed by atoms with Crippen LogP contribution >= 0.6 is 0 Å². The highest BCUT2D eigenvalue weighted by Gasteiger charge is 2.23. The second-order valence-electron chi connectivity index (χ2n) is 5.69. The first-order chi connectivity index (χ1) is 10.7. The van der Waals surface area contributed by atoms with E-state index in [0.29, 0.717) is 11.6 Å². The van der Waals surface area contributed by atoms with E-state index < -0.39 is 0 Å². The molecular formula is C16H21N5O. The monoisotopic (exact) mass is 299 g/mol. The van der Waals surface area contributed by atoms with Crippen LogP contribution in [0.25, 0.3) is 6.20 Å². The number of amides is 1. The molecule has 1 amide bonds. The van der Waals surface area contributed by atoms with E-state index in [0.717, 1.165) is 32.6 Å². The highest BCUT2D eigenvalue weighted by atomic mass is 16.1. The van der Waals surface area contributed by atoms with Crippen LogP contribution in [0.3, 0.4) is 0 Å². The Kier molecular flexibility index (Phi) is 4.39. The fraction of sp³-hybridized carbons (Fsp3) is 0.375. The van der Waals surface area contributed by atoms with E-state index in [4.69, 9.17) is 0 Å². The highest BCUT2D eigenvalue weighted by molar-refractivity contribution is 5.92. The summed E-state index contributed by atoms with van der Waals surface area (Å²) < 4.78 is 1.72. The van der Waals surface area contributed by atoms with E-state index in [9.17, 15) is 4.79 Å². The van der Waals surface area contributed by atoms with Gasteiger partial charge in [0, 0.05) is 43.8 Å². The number of hydrogen-bond donors (Lipinski definition) is 2. The Balaban J connectivity index is 1.44. The number of hydrogen-bond acceptors (Lipinski definition) is 3. The first kappa shape index (κ1) is 14.6. The number of rotatable bonds is 6. The predicted octanol–water partition coefficient (Wildman–Crippen LogP) is 1.56. The summed E-state index contributed by atoms with van der Waals surface area (Å²) in [6.45, 7) is 7.38. The van der Waals surface area contributed by atoms with E-state index in [1.54, 1.807) is 23.1 Å². The van der Waals surface area contributed by atoms with E-state index in [1.807, 2.05) is 18.5 Å². The van der Waals surface area contributed by atoms with Gasteiger partial charge in [-0.05, 0) is 31.0 Å². The van der Waals surface area contributed by atoms with E-state index >= 15 is 0 Å². The molecule has 22 heavy (non-hydrogen) atoms. The summed E-state index contributed by atoms with van der Waals surface area (Å²) in [6.07, 6.45) is 8.43. The van der Waals surface area contributed by atoms with Gasteiger partial charge in [0.1, 0.15) is 5.69 Å². The summed E-state index contributed by atoms with van der Waals surface area (Å²) in [5.74, 6) is 0.476. The molecule has 1 aliphatic heterocycles. The normalized spacial score (nSPS) is 18.5. The van der Waals surface area contributed by atoms with Crippen molar-refractivity contribution < 1.29 is 4.79 Å². The van der Waals surface area contributed by atoms with Crippen LogP contribution in [0.1, 0.15) is 22.5 Å². The zero-order valence-corrected chi connectivity index (χ0v) is 12.5. The van der Waals surface area contributed by atoms with Crippen molar-refractivity contribution in [2.45, 2.75) is 13.0 Å². The van der Waals surface area contributed by atoms with Gasteiger partial charge in [0.25, 0.3) is 5.91 Å². The number of aromatic nitrogens is 3. The molecule has 0 aliphatic carbocycles. The fourth-order valence-corrected chi connectivity index (χ4v) is 2.84. The Morgan fingerprint density at radius 2 is 2.50 bits per heavy atom. The lowest BCUT2D eigenvalue weighted by molar-refractivity contribution is 0.0943. The quantitative estimate of drug-likeness (QED) is 0.851. The number of carbonyl (C=O) groups is 1. The van der Waals surface area contributed by atoms with Crippen LogP contribution in [-0.2, 0) is 6.54 Å². The standard InChI is InChI=1S/C16H21N5O/c1-2-21-12-14(9-19-21)11-20-7-5-13(10-20)8-18-16(22)15-4-3-6-17-15/h2-4,6,9,12-13,17H,1,5,7-8,10-11H2,(H,18,22)/t13-/m1/s1. The first-order valence-corrected chi connectivity index (χ1v) is 7.54. The molecule has 6 heteroatoms. The molecule has 3 heterocycles. The summed E-state index contributed by atoms with van der Waals surface area (Å²) >= 11 is 0. The number of nitrogens with one attached hydrogen (secondary N) is 2. The molecule has 2 N–H and O–H groups in total. The lowest BCUT2D eigenvalue weighted by atomic mass is 10.1. The molecular weight excluding hydrogens is 278 g/mol. The van der Waals surface area contributed by atoms with Gasteiger partial charge in [-0.2, -0.15) is 5.10 Å². The van der Waals surface area contributed by atoms with Crippen LogP contribution in [0.4, 0.5) is 0 Å². The lowest BCUT2D eigenvalue weighted by Crippen LogP contribution is -2.31. The minimum Gasteiger partial charge on any atom is -0.357 e. The van der Waals surface area contributed by atoms with Gasteiger partial charge in [-0.25, -0.2) is 4.68 Å². The molecule has 3 rings (SSSR count). The largest absolute Gasteiger partial charge is 0.357 e. The zero-order chi connectivity index (χ0) is 15.4. The molecule has 0 aromatic carbocycles. The Labute approximate surface area is 129 Å². The predicted molar refractivity (Wildman–Crippen MR) is 85.1 cm³/mol. The van der Waals surface area contributed by atoms with Crippen molar-refractivity contribution in [2.75, 3.05) is 19.6 Å². The topological polar surface area (TPSA) is 65.9 Å².